The van der Waals surface area contributed by atoms with Gasteiger partial charge in [0.1, 0.15) is 0 Å². The number of rotatable bonds is 4. The molecule has 2 N–H and O–H groups in total. The van der Waals surface area contributed by atoms with Crippen LogP contribution in [0.5, 0.6) is 5.88 Å². The second-order valence-corrected chi connectivity index (χ2v) is 5.56. The lowest BCUT2D eigenvalue weighted by Crippen LogP contribution is -2.20. The van der Waals surface area contributed by atoms with E-state index in [0.717, 1.165) is 24.0 Å². The average molecular weight is 248 g/mol. The van der Waals surface area contributed by atoms with E-state index in [1.54, 1.807) is 6.20 Å². The van der Waals surface area contributed by atoms with Crippen LogP contribution in [0.1, 0.15) is 43.7 Å². The van der Waals surface area contributed by atoms with Crippen LogP contribution in [-0.4, -0.2) is 11.6 Å². The van der Waals surface area contributed by atoms with E-state index < -0.39 is 0 Å². The van der Waals surface area contributed by atoms with Crippen molar-refractivity contribution in [1.29, 1.82) is 0 Å². The fraction of sp³-hybridized carbons (Fsp3) is 0.667. The van der Waals surface area contributed by atoms with Crippen molar-refractivity contribution in [2.45, 2.75) is 46.1 Å². The van der Waals surface area contributed by atoms with Crippen molar-refractivity contribution in [3.8, 4) is 5.88 Å². The van der Waals surface area contributed by atoms with E-state index in [0.29, 0.717) is 12.5 Å². The molecule has 0 aromatic carbocycles. The zero-order chi connectivity index (χ0) is 13.0. The molecule has 1 heterocycles. The zero-order valence-electron chi connectivity index (χ0n) is 11.5. The van der Waals surface area contributed by atoms with Crippen molar-refractivity contribution in [3.63, 3.8) is 0 Å². The Morgan fingerprint density at radius 1 is 1.44 bits per heavy atom. The fourth-order valence-electron chi connectivity index (χ4n) is 2.84. The number of ether oxygens (including phenoxy) is 1. The number of nitrogens with two attached hydrogens (primary N) is 1. The molecule has 3 heteroatoms. The Kier molecular flexibility index (Phi) is 4.59. The van der Waals surface area contributed by atoms with E-state index in [4.69, 9.17) is 10.5 Å². The first-order chi connectivity index (χ1) is 8.70. The maximum atomic E-state index is 5.91. The van der Waals surface area contributed by atoms with Crippen LogP contribution in [0.2, 0.25) is 0 Å². The molecule has 1 aliphatic rings. The Balaban J connectivity index is 1.95. The van der Waals surface area contributed by atoms with E-state index in [-0.39, 0.29) is 0 Å². The van der Waals surface area contributed by atoms with Crippen molar-refractivity contribution in [2.24, 2.45) is 17.6 Å². The molecule has 0 radical (unpaired) electrons. The van der Waals surface area contributed by atoms with Gasteiger partial charge in [-0.15, -0.1) is 0 Å². The summed E-state index contributed by atoms with van der Waals surface area (Å²) in [5.74, 6) is 2.25. The van der Waals surface area contributed by atoms with E-state index in [2.05, 4.69) is 18.8 Å². The summed E-state index contributed by atoms with van der Waals surface area (Å²) in [7, 11) is 0. The molecule has 0 spiro atoms. The normalized spacial score (nSPS) is 23.9. The highest BCUT2D eigenvalue weighted by atomic mass is 16.5. The van der Waals surface area contributed by atoms with Gasteiger partial charge in [0.25, 0.3) is 0 Å². The minimum absolute atomic E-state index is 0.496. The molecule has 1 fully saturated rings. The van der Waals surface area contributed by atoms with Crippen molar-refractivity contribution in [1.82, 2.24) is 4.98 Å². The molecule has 0 amide bonds. The topological polar surface area (TPSA) is 48.1 Å². The average Bonchev–Trinajstić information content (AvgIpc) is 2.36. The highest BCUT2D eigenvalue weighted by Gasteiger charge is 2.20. The highest BCUT2D eigenvalue weighted by molar-refractivity contribution is 5.33. The Bertz CT molecular complexity index is 392. The minimum atomic E-state index is 0.496. The summed E-state index contributed by atoms with van der Waals surface area (Å²) in [4.78, 5) is 4.31. The lowest BCUT2D eigenvalue weighted by atomic mass is 9.83. The molecule has 2 unspecified atom stereocenters. The highest BCUT2D eigenvalue weighted by Crippen LogP contribution is 2.29. The lowest BCUT2D eigenvalue weighted by Gasteiger charge is -2.26. The predicted octanol–water partition coefficient (Wildman–Crippen LogP) is 3.05. The van der Waals surface area contributed by atoms with Crippen LogP contribution in [0.4, 0.5) is 0 Å². The monoisotopic (exact) mass is 248 g/mol. The summed E-state index contributed by atoms with van der Waals surface area (Å²) in [5.41, 5.74) is 7.97. The molecule has 1 aliphatic carbocycles. The van der Waals surface area contributed by atoms with E-state index in [9.17, 15) is 0 Å². The zero-order valence-corrected chi connectivity index (χ0v) is 11.5. The summed E-state index contributed by atoms with van der Waals surface area (Å²) in [6, 6.07) is 1.98. The van der Waals surface area contributed by atoms with Gasteiger partial charge in [-0.05, 0) is 43.2 Å². The van der Waals surface area contributed by atoms with Crippen molar-refractivity contribution in [2.75, 3.05) is 6.61 Å². The van der Waals surface area contributed by atoms with Gasteiger partial charge in [0, 0.05) is 18.3 Å². The Hall–Kier alpha value is -1.09. The molecule has 3 nitrogen and oxygen atoms in total. The van der Waals surface area contributed by atoms with Gasteiger partial charge in [0.15, 0.2) is 0 Å². The molecule has 1 saturated carbocycles. The van der Waals surface area contributed by atoms with E-state index in [1.807, 2.05) is 6.07 Å². The molecule has 0 aliphatic heterocycles. The van der Waals surface area contributed by atoms with Gasteiger partial charge in [-0.1, -0.05) is 19.8 Å². The Morgan fingerprint density at radius 2 is 2.28 bits per heavy atom. The van der Waals surface area contributed by atoms with Gasteiger partial charge in [-0.2, -0.15) is 0 Å². The maximum Gasteiger partial charge on any atom is 0.218 e. The second kappa shape index (κ2) is 6.19. The van der Waals surface area contributed by atoms with Crippen LogP contribution in [-0.2, 0) is 6.54 Å². The van der Waals surface area contributed by atoms with Crippen molar-refractivity contribution < 1.29 is 4.74 Å². The third-order valence-electron chi connectivity index (χ3n) is 3.96. The predicted molar refractivity (Wildman–Crippen MR) is 73.5 cm³/mol. The molecule has 0 saturated heterocycles. The third kappa shape index (κ3) is 3.22. The molecule has 18 heavy (non-hydrogen) atoms. The van der Waals surface area contributed by atoms with Crippen LogP contribution in [0.3, 0.4) is 0 Å². The lowest BCUT2D eigenvalue weighted by molar-refractivity contribution is 0.176. The van der Waals surface area contributed by atoms with Crippen LogP contribution < -0.4 is 10.5 Å². The van der Waals surface area contributed by atoms with E-state index in [1.165, 1.54) is 31.2 Å². The number of nitrogens with zero attached hydrogens (tertiary/aromatic N) is 1. The molecule has 1 aromatic heterocycles. The standard InChI is InChI=1S/C15H24N2O/c1-11-4-3-5-13(8-11)10-18-15-14(9-16)12(2)6-7-17-15/h6-7,11,13H,3-5,8-10,16H2,1-2H3. The molecule has 2 atom stereocenters. The van der Waals surface area contributed by atoms with Gasteiger partial charge in [0.2, 0.25) is 5.88 Å². The number of aromatic nitrogens is 1. The summed E-state index contributed by atoms with van der Waals surface area (Å²) in [6.45, 7) is 5.67. The first-order valence-electron chi connectivity index (χ1n) is 6.98. The Labute approximate surface area is 110 Å². The van der Waals surface area contributed by atoms with E-state index >= 15 is 0 Å². The summed E-state index contributed by atoms with van der Waals surface area (Å²) in [6.07, 6.45) is 7.07. The number of aryl methyl sites for hydroxylation is 1. The quantitative estimate of drug-likeness (QED) is 0.891. The summed E-state index contributed by atoms with van der Waals surface area (Å²) < 4.78 is 5.91. The van der Waals surface area contributed by atoms with Crippen LogP contribution in [0, 0.1) is 18.8 Å². The van der Waals surface area contributed by atoms with Gasteiger partial charge < -0.3 is 10.5 Å². The summed E-state index contributed by atoms with van der Waals surface area (Å²) >= 11 is 0. The van der Waals surface area contributed by atoms with Crippen LogP contribution in [0.25, 0.3) is 0 Å². The SMILES string of the molecule is Cc1ccnc(OCC2CCCC(C)C2)c1CN. The fourth-order valence-corrected chi connectivity index (χ4v) is 2.84. The van der Waals surface area contributed by atoms with Gasteiger partial charge in [-0.25, -0.2) is 4.98 Å². The third-order valence-corrected chi connectivity index (χ3v) is 3.96. The van der Waals surface area contributed by atoms with Crippen LogP contribution >= 0.6 is 0 Å². The minimum Gasteiger partial charge on any atom is -0.477 e. The van der Waals surface area contributed by atoms with Gasteiger partial charge in [-0.3, -0.25) is 0 Å². The first kappa shape index (κ1) is 13.3. The maximum absolute atomic E-state index is 5.91. The van der Waals surface area contributed by atoms with Crippen molar-refractivity contribution >= 4 is 0 Å². The second-order valence-electron chi connectivity index (χ2n) is 5.56. The molecule has 2 rings (SSSR count). The van der Waals surface area contributed by atoms with Crippen molar-refractivity contribution in [3.05, 3.63) is 23.4 Å². The Morgan fingerprint density at radius 3 is 3.00 bits per heavy atom. The summed E-state index contributed by atoms with van der Waals surface area (Å²) in [5, 5.41) is 0. The van der Waals surface area contributed by atoms with Gasteiger partial charge in [0.05, 0.1) is 6.61 Å². The molecular weight excluding hydrogens is 224 g/mol. The molecule has 0 bridgehead atoms. The smallest absolute Gasteiger partial charge is 0.218 e. The van der Waals surface area contributed by atoms with Gasteiger partial charge >= 0.3 is 0 Å². The largest absolute Gasteiger partial charge is 0.477 e. The number of hydrogen-bond acceptors (Lipinski definition) is 3. The first-order valence-corrected chi connectivity index (χ1v) is 6.98. The molecule has 100 valence electrons. The molecule has 1 aromatic rings. The molecular formula is C15H24N2O. The number of pyridine rings is 1. The van der Waals surface area contributed by atoms with Crippen LogP contribution in [0.15, 0.2) is 12.3 Å². The number of hydrogen-bond donors (Lipinski definition) is 1.